The van der Waals surface area contributed by atoms with Gasteiger partial charge in [-0.1, -0.05) is 37.3 Å². The molecule has 6 nitrogen and oxygen atoms in total. The van der Waals surface area contributed by atoms with E-state index < -0.39 is 0 Å². The van der Waals surface area contributed by atoms with Crippen LogP contribution in [0.1, 0.15) is 48.7 Å². The van der Waals surface area contributed by atoms with Crippen molar-refractivity contribution in [1.29, 1.82) is 0 Å². The van der Waals surface area contributed by atoms with Crippen LogP contribution in [-0.4, -0.2) is 31.6 Å². The van der Waals surface area contributed by atoms with Crippen LogP contribution >= 0.6 is 24.0 Å². The number of hydrogen-bond acceptors (Lipinski definition) is 3. The Bertz CT molecular complexity index is 826. The molecule has 0 saturated carbocycles. The Morgan fingerprint density at radius 2 is 1.87 bits per heavy atom. The molecule has 0 saturated heterocycles. The average Bonchev–Trinajstić information content (AvgIpc) is 2.75. The van der Waals surface area contributed by atoms with E-state index in [4.69, 9.17) is 4.74 Å². The number of hydrogen-bond donors (Lipinski definition) is 3. The lowest BCUT2D eigenvalue weighted by atomic mass is 10.1. The molecule has 0 radical (unpaired) electrons. The van der Waals surface area contributed by atoms with E-state index >= 15 is 0 Å². The summed E-state index contributed by atoms with van der Waals surface area (Å²) in [7, 11) is 1.67. The fourth-order valence-corrected chi connectivity index (χ4v) is 2.76. The lowest BCUT2D eigenvalue weighted by Gasteiger charge is -2.14. The molecule has 0 aliphatic rings. The minimum Gasteiger partial charge on any atom is -0.496 e. The summed E-state index contributed by atoms with van der Waals surface area (Å²) in [5.74, 6) is 1.51. The highest BCUT2D eigenvalue weighted by atomic mass is 127. The zero-order valence-electron chi connectivity index (χ0n) is 18.2. The van der Waals surface area contributed by atoms with E-state index in [9.17, 15) is 4.79 Å². The van der Waals surface area contributed by atoms with Crippen molar-refractivity contribution in [2.45, 2.75) is 46.3 Å². The van der Waals surface area contributed by atoms with Crippen molar-refractivity contribution in [2.24, 2.45) is 4.99 Å². The molecule has 0 spiro atoms. The Kier molecular flexibility index (Phi) is 11.9. The lowest BCUT2D eigenvalue weighted by Crippen LogP contribution is -2.36. The van der Waals surface area contributed by atoms with Crippen molar-refractivity contribution >= 4 is 35.8 Å². The van der Waals surface area contributed by atoms with Crippen LogP contribution in [0.25, 0.3) is 0 Å². The van der Waals surface area contributed by atoms with E-state index in [1.807, 2.05) is 62.4 Å². The maximum atomic E-state index is 12.3. The number of guanidine groups is 1. The van der Waals surface area contributed by atoms with E-state index in [0.717, 1.165) is 29.8 Å². The van der Waals surface area contributed by atoms with Gasteiger partial charge in [0, 0.05) is 30.3 Å². The summed E-state index contributed by atoms with van der Waals surface area (Å²) < 4.78 is 5.40. The molecule has 0 aliphatic carbocycles. The summed E-state index contributed by atoms with van der Waals surface area (Å²) in [6.45, 7) is 7.92. The number of nitrogens with one attached hydrogen (secondary N) is 3. The van der Waals surface area contributed by atoms with Crippen LogP contribution in [0, 0.1) is 0 Å². The number of benzene rings is 2. The van der Waals surface area contributed by atoms with Gasteiger partial charge in [0.1, 0.15) is 5.75 Å². The predicted molar refractivity (Wildman–Crippen MR) is 134 cm³/mol. The van der Waals surface area contributed by atoms with Gasteiger partial charge >= 0.3 is 0 Å². The third-order valence-electron chi connectivity index (χ3n) is 4.58. The Hall–Kier alpha value is -2.29. The molecule has 30 heavy (non-hydrogen) atoms. The number of amides is 1. The molecule has 164 valence electrons. The molecule has 0 fully saturated rings. The molecule has 0 heterocycles. The van der Waals surface area contributed by atoms with Gasteiger partial charge in [-0.2, -0.15) is 0 Å². The van der Waals surface area contributed by atoms with Gasteiger partial charge in [-0.3, -0.25) is 4.79 Å². The van der Waals surface area contributed by atoms with Crippen LogP contribution in [0.4, 0.5) is 0 Å². The molecule has 1 unspecified atom stereocenters. The number of ether oxygens (including phenoxy) is 1. The number of methoxy groups -OCH3 is 1. The largest absolute Gasteiger partial charge is 0.496 e. The topological polar surface area (TPSA) is 74.8 Å². The molecule has 3 N–H and O–H groups in total. The highest BCUT2D eigenvalue weighted by molar-refractivity contribution is 14.0. The standard InChI is InChI=1S/C23H32N4O2.HI/c1-5-17(3)27-22(28)19-12-9-10-18(14-19)15-25-23(24-6-2)26-16-20-11-7-8-13-21(20)29-4;/h7-14,17H,5-6,15-16H2,1-4H3,(H,27,28)(H2,24,25,26);1H. The summed E-state index contributed by atoms with van der Waals surface area (Å²) in [5, 5.41) is 9.58. The van der Waals surface area contributed by atoms with E-state index in [0.29, 0.717) is 24.6 Å². The Morgan fingerprint density at radius 1 is 1.10 bits per heavy atom. The van der Waals surface area contributed by atoms with Gasteiger partial charge in [0.15, 0.2) is 5.96 Å². The van der Waals surface area contributed by atoms with Crippen LogP contribution in [0.2, 0.25) is 0 Å². The summed E-state index contributed by atoms with van der Waals surface area (Å²) in [5.41, 5.74) is 2.70. The van der Waals surface area contributed by atoms with Gasteiger partial charge in [0.05, 0.1) is 13.7 Å². The zero-order valence-corrected chi connectivity index (χ0v) is 20.5. The van der Waals surface area contributed by atoms with Gasteiger partial charge < -0.3 is 20.7 Å². The molecule has 1 amide bonds. The summed E-state index contributed by atoms with van der Waals surface area (Å²) in [4.78, 5) is 17.0. The number of rotatable bonds is 9. The molecular weight excluding hydrogens is 491 g/mol. The first-order valence-electron chi connectivity index (χ1n) is 10.1. The molecule has 0 aromatic heterocycles. The minimum atomic E-state index is -0.0496. The lowest BCUT2D eigenvalue weighted by molar-refractivity contribution is 0.0939. The Balaban J connectivity index is 0.00000450. The van der Waals surface area contributed by atoms with Crippen molar-refractivity contribution in [3.63, 3.8) is 0 Å². The van der Waals surface area contributed by atoms with Crippen molar-refractivity contribution < 1.29 is 9.53 Å². The Labute approximate surface area is 196 Å². The molecule has 2 aromatic rings. The number of para-hydroxylation sites is 1. The molecule has 1 atom stereocenters. The second-order valence-electron chi connectivity index (χ2n) is 6.84. The highest BCUT2D eigenvalue weighted by Crippen LogP contribution is 2.16. The number of halogens is 1. The van der Waals surface area contributed by atoms with Gasteiger partial charge in [0.25, 0.3) is 5.91 Å². The van der Waals surface area contributed by atoms with E-state index in [1.54, 1.807) is 7.11 Å². The Morgan fingerprint density at radius 3 is 2.57 bits per heavy atom. The van der Waals surface area contributed by atoms with E-state index in [2.05, 4.69) is 27.9 Å². The van der Waals surface area contributed by atoms with Crippen molar-refractivity contribution in [3.8, 4) is 5.75 Å². The van der Waals surface area contributed by atoms with Crippen LogP contribution in [-0.2, 0) is 13.1 Å². The molecule has 0 aliphatic heterocycles. The van der Waals surface area contributed by atoms with Crippen LogP contribution in [0.5, 0.6) is 5.75 Å². The first-order valence-corrected chi connectivity index (χ1v) is 10.1. The minimum absolute atomic E-state index is 0. The van der Waals surface area contributed by atoms with E-state index in [1.165, 1.54) is 0 Å². The quantitative estimate of drug-likeness (QED) is 0.263. The molecular formula is C23H33IN4O2. The average molecular weight is 524 g/mol. The monoisotopic (exact) mass is 524 g/mol. The maximum absolute atomic E-state index is 12.3. The third-order valence-corrected chi connectivity index (χ3v) is 4.58. The molecule has 7 heteroatoms. The van der Waals surface area contributed by atoms with Gasteiger partial charge in [0.2, 0.25) is 0 Å². The highest BCUT2D eigenvalue weighted by Gasteiger charge is 2.09. The molecule has 2 aromatic carbocycles. The zero-order chi connectivity index (χ0) is 21.1. The second-order valence-corrected chi connectivity index (χ2v) is 6.84. The predicted octanol–water partition coefficient (Wildman–Crippen LogP) is 4.10. The van der Waals surface area contributed by atoms with Crippen molar-refractivity contribution in [2.75, 3.05) is 13.7 Å². The normalized spacial score (nSPS) is 11.8. The third kappa shape index (κ3) is 8.22. The number of nitrogens with zero attached hydrogens (tertiary/aromatic N) is 1. The summed E-state index contributed by atoms with van der Waals surface area (Å²) >= 11 is 0. The molecule has 2 rings (SSSR count). The summed E-state index contributed by atoms with van der Waals surface area (Å²) in [6, 6.07) is 15.7. The van der Waals surface area contributed by atoms with Crippen LogP contribution in [0.3, 0.4) is 0 Å². The number of aliphatic imine (C=N–C) groups is 1. The maximum Gasteiger partial charge on any atom is 0.251 e. The van der Waals surface area contributed by atoms with Crippen molar-refractivity contribution in [3.05, 3.63) is 65.2 Å². The van der Waals surface area contributed by atoms with Gasteiger partial charge in [-0.15, -0.1) is 24.0 Å². The fourth-order valence-electron chi connectivity index (χ4n) is 2.76. The van der Waals surface area contributed by atoms with E-state index in [-0.39, 0.29) is 35.9 Å². The fraction of sp³-hybridized carbons (Fsp3) is 0.391. The SMILES string of the molecule is CCNC(=NCc1cccc(C(=O)NC(C)CC)c1)NCc1ccccc1OC.I. The number of carbonyl (C=O) groups is 1. The first-order chi connectivity index (χ1) is 14.1. The second kappa shape index (κ2) is 13.8. The van der Waals surface area contributed by atoms with Gasteiger partial charge in [-0.25, -0.2) is 4.99 Å². The smallest absolute Gasteiger partial charge is 0.251 e. The van der Waals surface area contributed by atoms with Gasteiger partial charge in [-0.05, 0) is 44.0 Å². The number of carbonyl (C=O) groups excluding carboxylic acids is 1. The molecule has 0 bridgehead atoms. The summed E-state index contributed by atoms with van der Waals surface area (Å²) in [6.07, 6.45) is 0.902. The van der Waals surface area contributed by atoms with Crippen LogP contribution in [0.15, 0.2) is 53.5 Å². The van der Waals surface area contributed by atoms with Crippen molar-refractivity contribution in [1.82, 2.24) is 16.0 Å². The first kappa shape index (κ1) is 25.7. The van der Waals surface area contributed by atoms with Crippen LogP contribution < -0.4 is 20.7 Å².